The van der Waals surface area contributed by atoms with E-state index in [2.05, 4.69) is 5.32 Å². The largest absolute Gasteiger partial charge is 0.485 e. The maximum absolute atomic E-state index is 12.7. The molecule has 0 fully saturated rings. The van der Waals surface area contributed by atoms with E-state index in [9.17, 15) is 9.59 Å². The van der Waals surface area contributed by atoms with E-state index in [-0.39, 0.29) is 17.8 Å². The predicted octanol–water partition coefficient (Wildman–Crippen LogP) is 2.90. The van der Waals surface area contributed by atoms with Crippen LogP contribution in [0.25, 0.3) is 0 Å². The molecule has 2 aromatic rings. The van der Waals surface area contributed by atoms with E-state index in [1.807, 2.05) is 36.4 Å². The van der Waals surface area contributed by atoms with Crippen molar-refractivity contribution in [3.63, 3.8) is 0 Å². The van der Waals surface area contributed by atoms with Gasteiger partial charge in [0.1, 0.15) is 11.9 Å². The van der Waals surface area contributed by atoms with Crippen LogP contribution >= 0.6 is 0 Å². The van der Waals surface area contributed by atoms with Gasteiger partial charge in [-0.15, -0.1) is 0 Å². The summed E-state index contributed by atoms with van der Waals surface area (Å²) in [5.74, 6) is 0.239. The quantitative estimate of drug-likeness (QED) is 0.927. The average molecular weight is 295 g/mol. The van der Waals surface area contributed by atoms with Crippen molar-refractivity contribution in [2.24, 2.45) is 0 Å². The molecular weight excluding hydrogens is 278 g/mol. The molecule has 0 spiro atoms. The number of amides is 1. The lowest BCUT2D eigenvalue weighted by atomic mass is 9.97. The van der Waals surface area contributed by atoms with Crippen LogP contribution in [0, 0.1) is 0 Å². The molecule has 112 valence electrons. The zero-order valence-electron chi connectivity index (χ0n) is 12.3. The molecule has 2 aromatic carbocycles. The molecular formula is C18H17NO3. The van der Waals surface area contributed by atoms with E-state index in [0.717, 1.165) is 5.56 Å². The number of carbonyl (C=O) groups excluding carboxylic acids is 2. The number of rotatable bonds is 2. The molecule has 4 heteroatoms. The highest BCUT2D eigenvalue weighted by molar-refractivity contribution is 6.04. The number of fused-ring (bicyclic) bond motifs is 1. The van der Waals surface area contributed by atoms with Gasteiger partial charge in [0.2, 0.25) is 5.91 Å². The first-order valence-corrected chi connectivity index (χ1v) is 7.27. The molecule has 0 saturated heterocycles. The topological polar surface area (TPSA) is 55.4 Å². The molecule has 1 heterocycles. The van der Waals surface area contributed by atoms with Gasteiger partial charge < -0.3 is 10.1 Å². The summed E-state index contributed by atoms with van der Waals surface area (Å²) in [5, 5.41) is 2.74. The van der Waals surface area contributed by atoms with Crippen molar-refractivity contribution in [3.8, 4) is 5.75 Å². The molecule has 1 amide bonds. The molecule has 2 unspecified atom stereocenters. The van der Waals surface area contributed by atoms with Gasteiger partial charge in [-0.1, -0.05) is 42.5 Å². The summed E-state index contributed by atoms with van der Waals surface area (Å²) in [7, 11) is 0. The van der Waals surface area contributed by atoms with Gasteiger partial charge in [-0.3, -0.25) is 9.59 Å². The lowest BCUT2D eigenvalue weighted by Crippen LogP contribution is -2.40. The fraction of sp³-hybridized carbons (Fsp3) is 0.222. The first-order chi connectivity index (χ1) is 10.6. The zero-order valence-corrected chi connectivity index (χ0v) is 12.3. The predicted molar refractivity (Wildman–Crippen MR) is 82.8 cm³/mol. The second kappa shape index (κ2) is 6.02. The molecule has 4 nitrogen and oxygen atoms in total. The van der Waals surface area contributed by atoms with Crippen molar-refractivity contribution in [2.45, 2.75) is 25.5 Å². The van der Waals surface area contributed by atoms with E-state index < -0.39 is 6.04 Å². The number of hydrogen-bond donors (Lipinski definition) is 1. The van der Waals surface area contributed by atoms with Crippen molar-refractivity contribution in [2.75, 3.05) is 0 Å². The Kier molecular flexibility index (Phi) is 3.92. The number of hydrogen-bond acceptors (Lipinski definition) is 3. The number of nitrogens with one attached hydrogen (secondary N) is 1. The first-order valence-electron chi connectivity index (χ1n) is 7.27. The minimum atomic E-state index is -0.577. The van der Waals surface area contributed by atoms with Crippen LogP contribution in [-0.2, 0) is 4.79 Å². The summed E-state index contributed by atoms with van der Waals surface area (Å²) in [5.41, 5.74) is 1.50. The second-order valence-corrected chi connectivity index (χ2v) is 5.37. The second-order valence-electron chi connectivity index (χ2n) is 5.37. The van der Waals surface area contributed by atoms with Gasteiger partial charge in [0, 0.05) is 13.3 Å². The van der Waals surface area contributed by atoms with Crippen molar-refractivity contribution in [1.82, 2.24) is 5.32 Å². The van der Waals surface area contributed by atoms with Crippen LogP contribution < -0.4 is 10.1 Å². The number of ketones is 1. The maximum Gasteiger partial charge on any atom is 0.217 e. The molecule has 1 N–H and O–H groups in total. The maximum atomic E-state index is 12.7. The van der Waals surface area contributed by atoms with E-state index in [1.165, 1.54) is 6.92 Å². The fourth-order valence-corrected chi connectivity index (χ4v) is 2.72. The molecule has 0 aromatic heterocycles. The Morgan fingerprint density at radius 1 is 1.09 bits per heavy atom. The van der Waals surface area contributed by atoms with Crippen LogP contribution in [0.3, 0.4) is 0 Å². The van der Waals surface area contributed by atoms with E-state index in [4.69, 9.17) is 4.74 Å². The fourth-order valence-electron chi connectivity index (χ4n) is 2.72. The third-order valence-electron chi connectivity index (χ3n) is 3.74. The highest BCUT2D eigenvalue weighted by Crippen LogP contribution is 2.33. The molecule has 22 heavy (non-hydrogen) atoms. The molecule has 2 atom stereocenters. The first kappa shape index (κ1) is 14.3. The third kappa shape index (κ3) is 2.86. The van der Waals surface area contributed by atoms with Crippen molar-refractivity contribution in [1.29, 1.82) is 0 Å². The number of benzene rings is 2. The molecule has 3 rings (SSSR count). The summed E-state index contributed by atoms with van der Waals surface area (Å²) in [4.78, 5) is 24.1. The third-order valence-corrected chi connectivity index (χ3v) is 3.74. The van der Waals surface area contributed by atoms with E-state index >= 15 is 0 Å². The summed E-state index contributed by atoms with van der Waals surface area (Å²) >= 11 is 0. The monoisotopic (exact) mass is 295 g/mol. The number of para-hydroxylation sites is 1. The number of Topliss-reactive ketones (excluding diaryl/α,β-unsaturated/α-hetero) is 1. The smallest absolute Gasteiger partial charge is 0.217 e. The summed E-state index contributed by atoms with van der Waals surface area (Å²) < 4.78 is 6.05. The molecule has 0 bridgehead atoms. The van der Waals surface area contributed by atoms with Crippen LogP contribution in [0.1, 0.15) is 35.4 Å². The van der Waals surface area contributed by atoms with E-state index in [0.29, 0.717) is 17.7 Å². The number of carbonyl (C=O) groups is 2. The SMILES string of the molecule is CC(=O)NC1CC(c2ccccc2)Oc2ccccc2C1=O. The van der Waals surface area contributed by atoms with Crippen molar-refractivity contribution < 1.29 is 14.3 Å². The van der Waals surface area contributed by atoms with Gasteiger partial charge in [-0.25, -0.2) is 0 Å². The zero-order chi connectivity index (χ0) is 15.5. The van der Waals surface area contributed by atoms with Gasteiger partial charge in [-0.2, -0.15) is 0 Å². The normalized spacial score (nSPS) is 20.5. The minimum absolute atomic E-state index is 0.107. The summed E-state index contributed by atoms with van der Waals surface area (Å²) in [6.07, 6.45) is 0.141. The van der Waals surface area contributed by atoms with E-state index in [1.54, 1.807) is 18.2 Å². The average Bonchev–Trinajstić information content (AvgIpc) is 2.66. The standard InChI is InChI=1S/C18H17NO3/c1-12(20)19-15-11-17(13-7-3-2-4-8-13)22-16-10-6-5-9-14(16)18(15)21/h2-10,15,17H,11H2,1H3,(H,19,20). The molecule has 1 aliphatic rings. The summed E-state index contributed by atoms with van der Waals surface area (Å²) in [6.45, 7) is 1.42. The number of ether oxygens (including phenoxy) is 1. The van der Waals surface area contributed by atoms with Crippen LogP contribution in [0.5, 0.6) is 5.75 Å². The summed E-state index contributed by atoms with van der Waals surface area (Å²) in [6, 6.07) is 16.3. The van der Waals surface area contributed by atoms with Crippen molar-refractivity contribution in [3.05, 3.63) is 65.7 Å². The van der Waals surface area contributed by atoms with Crippen LogP contribution in [0.15, 0.2) is 54.6 Å². The van der Waals surface area contributed by atoms with Gasteiger partial charge in [0.15, 0.2) is 5.78 Å². The molecule has 0 saturated carbocycles. The lowest BCUT2D eigenvalue weighted by molar-refractivity contribution is -0.119. The highest BCUT2D eigenvalue weighted by atomic mass is 16.5. The van der Waals surface area contributed by atoms with Crippen LogP contribution in [0.4, 0.5) is 0 Å². The van der Waals surface area contributed by atoms with Gasteiger partial charge in [0.25, 0.3) is 0 Å². The minimum Gasteiger partial charge on any atom is -0.485 e. The Morgan fingerprint density at radius 3 is 2.50 bits per heavy atom. The Morgan fingerprint density at radius 2 is 1.77 bits per heavy atom. The van der Waals surface area contributed by atoms with Gasteiger partial charge >= 0.3 is 0 Å². The lowest BCUT2D eigenvalue weighted by Gasteiger charge is -2.20. The molecule has 0 radical (unpaired) electrons. The van der Waals surface area contributed by atoms with Crippen LogP contribution in [-0.4, -0.2) is 17.7 Å². The van der Waals surface area contributed by atoms with Crippen LogP contribution in [0.2, 0.25) is 0 Å². The Hall–Kier alpha value is -2.62. The highest BCUT2D eigenvalue weighted by Gasteiger charge is 2.32. The van der Waals surface area contributed by atoms with Gasteiger partial charge in [-0.05, 0) is 17.7 Å². The molecule has 0 aliphatic carbocycles. The van der Waals surface area contributed by atoms with Gasteiger partial charge in [0.05, 0.1) is 11.6 Å². The Balaban J connectivity index is 2.01. The Bertz CT molecular complexity index is 696. The van der Waals surface area contributed by atoms with Crippen molar-refractivity contribution >= 4 is 11.7 Å². The Labute approximate surface area is 129 Å². The molecule has 1 aliphatic heterocycles.